The number of aliphatic carboxylic acids is 1. The molecular weight excluding hydrogens is 180 g/mol. The van der Waals surface area contributed by atoms with Crippen LogP contribution in [0, 0.1) is 5.41 Å². The summed E-state index contributed by atoms with van der Waals surface area (Å²) in [7, 11) is 1.79. The average molecular weight is 194 g/mol. The van der Waals surface area contributed by atoms with E-state index in [4.69, 9.17) is 0 Å². The number of aromatic nitrogens is 2. The number of hydrogen-bond acceptors (Lipinski definition) is 2. The molecule has 1 aromatic rings. The second-order valence-corrected chi connectivity index (χ2v) is 4.61. The van der Waals surface area contributed by atoms with Gasteiger partial charge in [0.25, 0.3) is 0 Å². The fourth-order valence-corrected chi connectivity index (χ4v) is 2.32. The van der Waals surface area contributed by atoms with E-state index >= 15 is 0 Å². The highest BCUT2D eigenvalue weighted by molar-refractivity contribution is 5.86. The average Bonchev–Trinajstić information content (AvgIpc) is 2.44. The van der Waals surface area contributed by atoms with Gasteiger partial charge in [0.1, 0.15) is 5.41 Å². The molecule has 0 aliphatic heterocycles. The van der Waals surface area contributed by atoms with Gasteiger partial charge < -0.3 is 5.11 Å². The van der Waals surface area contributed by atoms with Gasteiger partial charge in [0, 0.05) is 13.2 Å². The van der Waals surface area contributed by atoms with E-state index in [1.54, 1.807) is 24.0 Å². The Morgan fingerprint density at radius 1 is 1.64 bits per heavy atom. The number of aryl methyl sites for hydroxylation is 1. The SMILES string of the molecule is Cn1nccc1C1(C(=O)O)CC1(C)C. The Balaban J connectivity index is 2.52. The predicted octanol–water partition coefficient (Wildman–Crippen LogP) is 1.17. The summed E-state index contributed by atoms with van der Waals surface area (Å²) in [6.07, 6.45) is 2.34. The number of carboxylic acid groups (broad SMARTS) is 1. The first-order valence-corrected chi connectivity index (χ1v) is 4.64. The summed E-state index contributed by atoms with van der Waals surface area (Å²) < 4.78 is 1.66. The van der Waals surface area contributed by atoms with Crippen LogP contribution in [0.3, 0.4) is 0 Å². The minimum absolute atomic E-state index is 0.160. The maximum atomic E-state index is 11.3. The summed E-state index contributed by atoms with van der Waals surface area (Å²) in [4.78, 5) is 11.3. The van der Waals surface area contributed by atoms with Gasteiger partial charge in [0.05, 0.1) is 5.69 Å². The lowest BCUT2D eigenvalue weighted by Gasteiger charge is -2.15. The predicted molar refractivity (Wildman–Crippen MR) is 50.9 cm³/mol. The van der Waals surface area contributed by atoms with Crippen LogP contribution >= 0.6 is 0 Å². The molecule has 0 amide bonds. The number of carbonyl (C=O) groups is 1. The molecule has 1 heterocycles. The number of nitrogens with zero attached hydrogens (tertiary/aromatic N) is 2. The first-order valence-electron chi connectivity index (χ1n) is 4.64. The number of carboxylic acids is 1. The number of rotatable bonds is 2. The van der Waals surface area contributed by atoms with Crippen molar-refractivity contribution < 1.29 is 9.90 Å². The Hall–Kier alpha value is -1.32. The van der Waals surface area contributed by atoms with E-state index in [-0.39, 0.29) is 5.41 Å². The van der Waals surface area contributed by atoms with Crippen LogP contribution in [-0.4, -0.2) is 20.9 Å². The van der Waals surface area contributed by atoms with Crippen LogP contribution in [0.25, 0.3) is 0 Å². The van der Waals surface area contributed by atoms with Crippen LogP contribution in [0.1, 0.15) is 26.0 Å². The second-order valence-electron chi connectivity index (χ2n) is 4.61. The van der Waals surface area contributed by atoms with E-state index in [2.05, 4.69) is 5.10 Å². The maximum absolute atomic E-state index is 11.3. The molecule has 14 heavy (non-hydrogen) atoms. The van der Waals surface area contributed by atoms with Crippen molar-refractivity contribution >= 4 is 5.97 Å². The van der Waals surface area contributed by atoms with E-state index in [1.807, 2.05) is 13.8 Å². The minimum Gasteiger partial charge on any atom is -0.481 e. The molecule has 0 radical (unpaired) electrons. The molecule has 1 atom stereocenters. The summed E-state index contributed by atoms with van der Waals surface area (Å²) in [6.45, 7) is 3.96. The van der Waals surface area contributed by atoms with Crippen molar-refractivity contribution in [2.45, 2.75) is 25.7 Å². The van der Waals surface area contributed by atoms with Crippen LogP contribution in [0.5, 0.6) is 0 Å². The van der Waals surface area contributed by atoms with Crippen LogP contribution in [0.2, 0.25) is 0 Å². The standard InChI is InChI=1S/C10H14N2O2/c1-9(2)6-10(9,8(13)14)7-4-5-11-12(7)3/h4-5H,6H2,1-3H3,(H,13,14). The fourth-order valence-electron chi connectivity index (χ4n) is 2.32. The molecule has 0 spiro atoms. The normalized spacial score (nSPS) is 28.8. The van der Waals surface area contributed by atoms with Crippen LogP contribution in [-0.2, 0) is 17.3 Å². The zero-order valence-corrected chi connectivity index (χ0v) is 8.61. The largest absolute Gasteiger partial charge is 0.481 e. The third-order valence-electron chi connectivity index (χ3n) is 3.36. The lowest BCUT2D eigenvalue weighted by Crippen LogP contribution is -2.28. The third kappa shape index (κ3) is 0.882. The Kier molecular flexibility index (Phi) is 1.57. The smallest absolute Gasteiger partial charge is 0.316 e. The first-order chi connectivity index (χ1) is 6.42. The molecule has 0 bridgehead atoms. The van der Waals surface area contributed by atoms with Crippen molar-refractivity contribution in [2.24, 2.45) is 12.5 Å². The molecule has 1 aliphatic rings. The van der Waals surface area contributed by atoms with Crippen LogP contribution in [0.4, 0.5) is 0 Å². The number of hydrogen-bond donors (Lipinski definition) is 1. The van der Waals surface area contributed by atoms with Gasteiger partial charge in [-0.05, 0) is 17.9 Å². The van der Waals surface area contributed by atoms with Crippen LogP contribution in [0.15, 0.2) is 12.3 Å². The Labute approximate surface area is 82.5 Å². The van der Waals surface area contributed by atoms with Crippen molar-refractivity contribution in [3.8, 4) is 0 Å². The Morgan fingerprint density at radius 2 is 2.21 bits per heavy atom. The molecule has 76 valence electrons. The van der Waals surface area contributed by atoms with Gasteiger partial charge in [-0.3, -0.25) is 9.48 Å². The van der Waals surface area contributed by atoms with E-state index in [1.165, 1.54) is 0 Å². The van der Waals surface area contributed by atoms with Crippen molar-refractivity contribution in [1.82, 2.24) is 9.78 Å². The zero-order chi connectivity index (χ0) is 10.6. The summed E-state index contributed by atoms with van der Waals surface area (Å²) in [5.74, 6) is -0.744. The highest BCUT2D eigenvalue weighted by Crippen LogP contribution is 2.64. The van der Waals surface area contributed by atoms with Crippen molar-refractivity contribution in [1.29, 1.82) is 0 Å². The summed E-state index contributed by atoms with van der Waals surface area (Å²) in [6, 6.07) is 1.79. The highest BCUT2D eigenvalue weighted by Gasteiger charge is 2.69. The monoisotopic (exact) mass is 194 g/mol. The summed E-state index contributed by atoms with van der Waals surface area (Å²) in [5, 5.41) is 13.3. The van der Waals surface area contributed by atoms with Gasteiger partial charge >= 0.3 is 5.97 Å². The molecule has 1 aromatic heterocycles. The third-order valence-corrected chi connectivity index (χ3v) is 3.36. The fraction of sp³-hybridized carbons (Fsp3) is 0.600. The maximum Gasteiger partial charge on any atom is 0.316 e. The molecule has 4 nitrogen and oxygen atoms in total. The molecule has 0 saturated heterocycles. The minimum atomic E-state index is -0.744. The lowest BCUT2D eigenvalue weighted by molar-refractivity contribution is -0.141. The molecular formula is C10H14N2O2. The van der Waals surface area contributed by atoms with E-state index < -0.39 is 11.4 Å². The molecule has 2 rings (SSSR count). The van der Waals surface area contributed by atoms with Gasteiger partial charge in [-0.15, -0.1) is 0 Å². The second kappa shape index (κ2) is 2.38. The van der Waals surface area contributed by atoms with Gasteiger partial charge in [-0.2, -0.15) is 5.10 Å². The molecule has 1 N–H and O–H groups in total. The van der Waals surface area contributed by atoms with E-state index in [0.29, 0.717) is 6.42 Å². The first kappa shape index (κ1) is 9.24. The van der Waals surface area contributed by atoms with Crippen LogP contribution < -0.4 is 0 Å². The van der Waals surface area contributed by atoms with Crippen molar-refractivity contribution in [3.05, 3.63) is 18.0 Å². The highest BCUT2D eigenvalue weighted by atomic mass is 16.4. The molecule has 1 fully saturated rings. The Bertz CT molecular complexity index is 395. The lowest BCUT2D eigenvalue weighted by atomic mass is 9.92. The van der Waals surface area contributed by atoms with Gasteiger partial charge in [0.15, 0.2) is 0 Å². The van der Waals surface area contributed by atoms with Gasteiger partial charge in [0.2, 0.25) is 0 Å². The summed E-state index contributed by atoms with van der Waals surface area (Å²) >= 11 is 0. The molecule has 4 heteroatoms. The molecule has 1 unspecified atom stereocenters. The Morgan fingerprint density at radius 3 is 2.50 bits per heavy atom. The topological polar surface area (TPSA) is 55.1 Å². The van der Waals surface area contributed by atoms with E-state index in [9.17, 15) is 9.90 Å². The zero-order valence-electron chi connectivity index (χ0n) is 8.61. The van der Waals surface area contributed by atoms with Gasteiger partial charge in [-0.25, -0.2) is 0 Å². The van der Waals surface area contributed by atoms with Crippen molar-refractivity contribution in [2.75, 3.05) is 0 Å². The summed E-state index contributed by atoms with van der Waals surface area (Å²) in [5.41, 5.74) is -0.0831. The van der Waals surface area contributed by atoms with Gasteiger partial charge in [-0.1, -0.05) is 13.8 Å². The quantitative estimate of drug-likeness (QED) is 0.769. The molecule has 0 aromatic carbocycles. The molecule has 1 saturated carbocycles. The molecule has 1 aliphatic carbocycles. The van der Waals surface area contributed by atoms with E-state index in [0.717, 1.165) is 5.69 Å². The van der Waals surface area contributed by atoms with Crippen molar-refractivity contribution in [3.63, 3.8) is 0 Å².